The fourth-order valence-electron chi connectivity index (χ4n) is 3.19. The molecule has 0 aromatic carbocycles. The highest BCUT2D eigenvalue weighted by Gasteiger charge is 2.24. The maximum absolute atomic E-state index is 9.47. The van der Waals surface area contributed by atoms with E-state index in [9.17, 15) is 5.11 Å². The van der Waals surface area contributed by atoms with Crippen molar-refractivity contribution in [3.05, 3.63) is 0 Å². The number of piperidine rings is 1. The maximum Gasteiger partial charge on any atom is 0.0610 e. The van der Waals surface area contributed by atoms with Crippen molar-refractivity contribution in [1.82, 2.24) is 10.2 Å². The van der Waals surface area contributed by atoms with Crippen LogP contribution >= 0.6 is 0 Å². The molecule has 0 bridgehead atoms. The average Bonchev–Trinajstić information content (AvgIpc) is 2.39. The van der Waals surface area contributed by atoms with E-state index in [-0.39, 0.29) is 12.1 Å². The molecule has 0 aliphatic carbocycles. The summed E-state index contributed by atoms with van der Waals surface area (Å²) >= 11 is 0. The minimum absolute atomic E-state index is 0.0923. The van der Waals surface area contributed by atoms with Crippen LogP contribution in [0.4, 0.5) is 0 Å². The molecule has 0 amide bonds. The number of likely N-dealkylation sites (N-methyl/N-ethyl adjacent to an activating group) is 1. The summed E-state index contributed by atoms with van der Waals surface area (Å²) in [5.74, 6) is 1.77. The molecule has 1 heterocycles. The second-order valence-corrected chi connectivity index (χ2v) is 6.78. The molecule has 19 heavy (non-hydrogen) atoms. The zero-order valence-corrected chi connectivity index (χ0v) is 13.4. The lowest BCUT2D eigenvalue weighted by Gasteiger charge is -2.35. The molecule has 3 heteroatoms. The summed E-state index contributed by atoms with van der Waals surface area (Å²) in [7, 11) is 0. The molecule has 1 unspecified atom stereocenters. The quantitative estimate of drug-likeness (QED) is 0.711. The lowest BCUT2D eigenvalue weighted by molar-refractivity contribution is 0.136. The Kier molecular flexibility index (Phi) is 7.33. The molecular formula is C16H34N2O. The molecular weight excluding hydrogens is 236 g/mol. The molecule has 1 saturated heterocycles. The number of hydrogen-bond donors (Lipinski definition) is 2. The molecule has 0 aromatic rings. The fourth-order valence-corrected chi connectivity index (χ4v) is 3.19. The molecule has 1 aliphatic rings. The van der Waals surface area contributed by atoms with E-state index < -0.39 is 0 Å². The molecule has 1 fully saturated rings. The Balaban J connectivity index is 2.20. The minimum Gasteiger partial charge on any atom is -0.394 e. The van der Waals surface area contributed by atoms with E-state index in [2.05, 4.69) is 37.9 Å². The van der Waals surface area contributed by atoms with Gasteiger partial charge in [0, 0.05) is 5.54 Å². The predicted octanol–water partition coefficient (Wildman–Crippen LogP) is 2.50. The first-order valence-electron chi connectivity index (χ1n) is 8.09. The van der Waals surface area contributed by atoms with Gasteiger partial charge in [-0.15, -0.1) is 0 Å². The summed E-state index contributed by atoms with van der Waals surface area (Å²) in [5, 5.41) is 12.9. The van der Waals surface area contributed by atoms with Gasteiger partial charge < -0.3 is 15.3 Å². The first-order chi connectivity index (χ1) is 9.00. The van der Waals surface area contributed by atoms with E-state index in [0.717, 1.165) is 24.8 Å². The summed E-state index contributed by atoms with van der Waals surface area (Å²) in [6.45, 7) is 13.8. The first-order valence-corrected chi connectivity index (χ1v) is 8.09. The summed E-state index contributed by atoms with van der Waals surface area (Å²) in [4.78, 5) is 2.60. The largest absolute Gasteiger partial charge is 0.394 e. The SMILES string of the molecule is CCNC(C)(CO)CCCN1CCC(C(C)C)CC1. The maximum atomic E-state index is 9.47. The number of rotatable bonds is 8. The number of likely N-dealkylation sites (tertiary alicyclic amines) is 1. The van der Waals surface area contributed by atoms with Gasteiger partial charge in [-0.2, -0.15) is 0 Å². The van der Waals surface area contributed by atoms with Crippen LogP contribution in [0.5, 0.6) is 0 Å². The van der Waals surface area contributed by atoms with Crippen LogP contribution in [0.2, 0.25) is 0 Å². The molecule has 1 atom stereocenters. The third-order valence-electron chi connectivity index (χ3n) is 4.73. The lowest BCUT2D eigenvalue weighted by Crippen LogP contribution is -2.46. The summed E-state index contributed by atoms with van der Waals surface area (Å²) in [6, 6.07) is 0. The molecule has 0 saturated carbocycles. The normalized spacial score (nSPS) is 21.8. The second kappa shape index (κ2) is 8.23. The number of nitrogens with zero attached hydrogens (tertiary/aromatic N) is 1. The van der Waals surface area contributed by atoms with E-state index >= 15 is 0 Å². The molecule has 0 radical (unpaired) electrons. The predicted molar refractivity (Wildman–Crippen MR) is 82.4 cm³/mol. The number of aliphatic hydroxyl groups is 1. The van der Waals surface area contributed by atoms with Gasteiger partial charge >= 0.3 is 0 Å². The summed E-state index contributed by atoms with van der Waals surface area (Å²) < 4.78 is 0. The van der Waals surface area contributed by atoms with Crippen LogP contribution in [0.15, 0.2) is 0 Å². The number of aliphatic hydroxyl groups excluding tert-OH is 1. The smallest absolute Gasteiger partial charge is 0.0610 e. The van der Waals surface area contributed by atoms with Crippen molar-refractivity contribution in [3.8, 4) is 0 Å². The van der Waals surface area contributed by atoms with E-state index in [1.807, 2.05) is 0 Å². The summed E-state index contributed by atoms with van der Waals surface area (Å²) in [5.41, 5.74) is -0.0923. The van der Waals surface area contributed by atoms with Crippen LogP contribution in [0.1, 0.15) is 53.4 Å². The standard InChI is InChI=1S/C16H34N2O/c1-5-17-16(4,13-19)9-6-10-18-11-7-15(8-12-18)14(2)3/h14-15,17,19H,5-13H2,1-4H3. The average molecular weight is 270 g/mol. The Labute approximate surface area is 119 Å². The van der Waals surface area contributed by atoms with Crippen molar-refractivity contribution >= 4 is 0 Å². The van der Waals surface area contributed by atoms with Gasteiger partial charge in [-0.25, -0.2) is 0 Å². The monoisotopic (exact) mass is 270 g/mol. The zero-order chi connectivity index (χ0) is 14.3. The zero-order valence-electron chi connectivity index (χ0n) is 13.4. The number of hydrogen-bond acceptors (Lipinski definition) is 3. The molecule has 114 valence electrons. The summed E-state index contributed by atoms with van der Waals surface area (Å²) in [6.07, 6.45) is 4.96. The highest BCUT2D eigenvalue weighted by atomic mass is 16.3. The molecule has 0 aromatic heterocycles. The van der Waals surface area contributed by atoms with Crippen LogP contribution in [0.25, 0.3) is 0 Å². The van der Waals surface area contributed by atoms with Gasteiger partial charge in [0.05, 0.1) is 6.61 Å². The van der Waals surface area contributed by atoms with Crippen molar-refractivity contribution in [2.24, 2.45) is 11.8 Å². The molecule has 3 nitrogen and oxygen atoms in total. The van der Waals surface area contributed by atoms with Gasteiger partial charge in [0.2, 0.25) is 0 Å². The van der Waals surface area contributed by atoms with Gasteiger partial charge in [-0.3, -0.25) is 0 Å². The van der Waals surface area contributed by atoms with E-state index in [4.69, 9.17) is 0 Å². The first kappa shape index (κ1) is 16.9. The molecule has 0 spiro atoms. The Morgan fingerprint density at radius 1 is 1.32 bits per heavy atom. The van der Waals surface area contributed by atoms with Gasteiger partial charge in [0.25, 0.3) is 0 Å². The van der Waals surface area contributed by atoms with E-state index in [1.54, 1.807) is 0 Å². The second-order valence-electron chi connectivity index (χ2n) is 6.78. The van der Waals surface area contributed by atoms with Crippen molar-refractivity contribution in [2.45, 2.75) is 58.9 Å². The highest BCUT2D eigenvalue weighted by molar-refractivity contribution is 4.82. The fraction of sp³-hybridized carbons (Fsp3) is 1.00. The van der Waals surface area contributed by atoms with Gasteiger partial charge in [0.15, 0.2) is 0 Å². The van der Waals surface area contributed by atoms with E-state index in [0.29, 0.717) is 0 Å². The van der Waals surface area contributed by atoms with E-state index in [1.165, 1.54) is 38.9 Å². The van der Waals surface area contributed by atoms with Crippen molar-refractivity contribution in [1.29, 1.82) is 0 Å². The van der Waals surface area contributed by atoms with Crippen LogP contribution in [0, 0.1) is 11.8 Å². The van der Waals surface area contributed by atoms with Crippen LogP contribution in [-0.2, 0) is 0 Å². The van der Waals surface area contributed by atoms with Crippen LogP contribution < -0.4 is 5.32 Å². The van der Waals surface area contributed by atoms with Crippen LogP contribution in [0.3, 0.4) is 0 Å². The van der Waals surface area contributed by atoms with Gasteiger partial charge in [-0.05, 0) is 70.6 Å². The third kappa shape index (κ3) is 5.80. The molecule has 1 rings (SSSR count). The lowest BCUT2D eigenvalue weighted by atomic mass is 9.86. The van der Waals surface area contributed by atoms with Crippen LogP contribution in [-0.4, -0.2) is 48.3 Å². The minimum atomic E-state index is -0.0923. The van der Waals surface area contributed by atoms with Crippen molar-refractivity contribution in [2.75, 3.05) is 32.8 Å². The molecule has 2 N–H and O–H groups in total. The van der Waals surface area contributed by atoms with Gasteiger partial charge in [-0.1, -0.05) is 20.8 Å². The van der Waals surface area contributed by atoms with Gasteiger partial charge in [0.1, 0.15) is 0 Å². The van der Waals surface area contributed by atoms with Crippen molar-refractivity contribution < 1.29 is 5.11 Å². The Morgan fingerprint density at radius 3 is 2.42 bits per heavy atom. The van der Waals surface area contributed by atoms with Crippen molar-refractivity contribution in [3.63, 3.8) is 0 Å². The number of nitrogens with one attached hydrogen (secondary N) is 1. The molecule has 1 aliphatic heterocycles. The topological polar surface area (TPSA) is 35.5 Å². The Bertz CT molecular complexity index is 237. The highest BCUT2D eigenvalue weighted by Crippen LogP contribution is 2.24. The Morgan fingerprint density at radius 2 is 1.95 bits per heavy atom. The Hall–Kier alpha value is -0.120. The third-order valence-corrected chi connectivity index (χ3v) is 4.73.